The number of carbonyl (C=O) groups excluding carboxylic acids is 1. The maximum Gasteiger partial charge on any atom is 0.322 e. The van der Waals surface area contributed by atoms with Crippen LogP contribution in [0.2, 0.25) is 5.02 Å². The average Bonchev–Trinajstić information content (AvgIpc) is 3.00. The van der Waals surface area contributed by atoms with E-state index in [0.29, 0.717) is 23.4 Å². The van der Waals surface area contributed by atoms with E-state index in [-0.39, 0.29) is 17.1 Å². The van der Waals surface area contributed by atoms with Crippen LogP contribution < -0.4 is 5.32 Å². The molecule has 0 spiro atoms. The van der Waals surface area contributed by atoms with Crippen LogP contribution in [-0.4, -0.2) is 23.5 Å². The molecule has 172 valence electrons. The number of carbonyl (C=O) groups is 1. The van der Waals surface area contributed by atoms with Gasteiger partial charge in [0, 0.05) is 28.3 Å². The van der Waals surface area contributed by atoms with Crippen molar-refractivity contribution in [3.8, 4) is 0 Å². The largest absolute Gasteiger partial charge is 0.322 e. The summed E-state index contributed by atoms with van der Waals surface area (Å²) in [4.78, 5) is 14.8. The van der Waals surface area contributed by atoms with Gasteiger partial charge in [-0.15, -0.1) is 0 Å². The highest BCUT2D eigenvalue weighted by molar-refractivity contribution is 6.36. The Kier molecular flexibility index (Phi) is 7.54. The summed E-state index contributed by atoms with van der Waals surface area (Å²) in [7, 11) is 0. The van der Waals surface area contributed by atoms with Gasteiger partial charge < -0.3 is 10.2 Å². The number of urea groups is 1. The van der Waals surface area contributed by atoms with Gasteiger partial charge in [-0.25, -0.2) is 9.18 Å². The first-order valence-corrected chi connectivity index (χ1v) is 12.5. The number of anilines is 1. The fourth-order valence-electron chi connectivity index (χ4n) is 5.26. The second kappa shape index (κ2) is 10.2. The Hall–Kier alpha value is -1.49. The number of allylic oxidation sites excluding steroid dienone is 6. The quantitative estimate of drug-likeness (QED) is 0.438. The van der Waals surface area contributed by atoms with E-state index in [1.807, 2.05) is 11.0 Å². The van der Waals surface area contributed by atoms with Crippen molar-refractivity contribution >= 4 is 46.5 Å². The zero-order valence-corrected chi connectivity index (χ0v) is 20.4. The lowest BCUT2D eigenvalue weighted by molar-refractivity contribution is 0.166. The number of nitrogens with one attached hydrogen (secondary N) is 1. The summed E-state index contributed by atoms with van der Waals surface area (Å²) < 4.78 is 13.4. The van der Waals surface area contributed by atoms with Crippen LogP contribution in [0.15, 0.2) is 52.1 Å². The standard InChI is InChI=1S/C25H28Cl3FN2O/c1-2-15-3-7-21(26)20(22(27)11-15)6-4-16-12-19-13-17(16)9-10-31(19)25(32)30-18-5-8-24(29)23(28)14-18/h3,5,7-8,11,14-17,19H,2,4,6,9-10,12-13H2,1H3,(H,30,32). The maximum atomic E-state index is 13.4. The normalized spacial score (nSPS) is 27.4. The molecule has 32 heavy (non-hydrogen) atoms. The zero-order valence-electron chi connectivity index (χ0n) is 18.1. The van der Waals surface area contributed by atoms with Crippen molar-refractivity contribution < 1.29 is 9.18 Å². The highest BCUT2D eigenvalue weighted by Gasteiger charge is 2.42. The molecule has 2 fully saturated rings. The molecule has 1 N–H and O–H groups in total. The van der Waals surface area contributed by atoms with Crippen LogP contribution in [0.4, 0.5) is 14.9 Å². The molecule has 2 bridgehead atoms. The predicted octanol–water partition coefficient (Wildman–Crippen LogP) is 8.10. The topological polar surface area (TPSA) is 32.3 Å². The number of hydrogen-bond donors (Lipinski definition) is 1. The van der Waals surface area contributed by atoms with Gasteiger partial charge in [-0.1, -0.05) is 53.9 Å². The predicted molar refractivity (Wildman–Crippen MR) is 131 cm³/mol. The minimum atomic E-state index is -0.497. The third-order valence-electron chi connectivity index (χ3n) is 7.09. The van der Waals surface area contributed by atoms with Crippen LogP contribution in [-0.2, 0) is 0 Å². The Labute approximate surface area is 204 Å². The molecule has 1 aromatic carbocycles. The number of nitrogens with zero attached hydrogens (tertiary/aromatic N) is 1. The number of halogens is 4. The monoisotopic (exact) mass is 496 g/mol. The first kappa shape index (κ1) is 23.7. The molecule has 2 amide bonds. The zero-order chi connectivity index (χ0) is 22.8. The number of piperidine rings is 1. The molecule has 0 radical (unpaired) electrons. The van der Waals surface area contributed by atoms with Gasteiger partial charge in [-0.05, 0) is 86.1 Å². The van der Waals surface area contributed by atoms with E-state index >= 15 is 0 Å². The number of fused-ring (bicyclic) bond motifs is 2. The van der Waals surface area contributed by atoms with Gasteiger partial charge in [0.1, 0.15) is 5.82 Å². The number of hydrogen-bond acceptors (Lipinski definition) is 1. The van der Waals surface area contributed by atoms with E-state index in [4.69, 9.17) is 34.8 Å². The van der Waals surface area contributed by atoms with Crippen LogP contribution in [0.25, 0.3) is 0 Å². The molecule has 3 nitrogen and oxygen atoms in total. The van der Waals surface area contributed by atoms with Crippen molar-refractivity contribution in [1.82, 2.24) is 4.90 Å². The van der Waals surface area contributed by atoms with Crippen LogP contribution >= 0.6 is 34.8 Å². The summed E-state index contributed by atoms with van der Waals surface area (Å²) >= 11 is 19.0. The second-order valence-corrected chi connectivity index (χ2v) is 10.2. The highest BCUT2D eigenvalue weighted by Crippen LogP contribution is 2.45. The van der Waals surface area contributed by atoms with Gasteiger partial charge in [-0.3, -0.25) is 0 Å². The minimum Gasteiger partial charge on any atom is -0.322 e. The summed E-state index contributed by atoms with van der Waals surface area (Å²) in [6, 6.07) is 4.32. The van der Waals surface area contributed by atoms with E-state index in [0.717, 1.165) is 60.7 Å². The molecule has 1 saturated heterocycles. The minimum absolute atomic E-state index is 0.00160. The molecular weight excluding hydrogens is 470 g/mol. The van der Waals surface area contributed by atoms with Crippen molar-refractivity contribution in [3.05, 3.63) is 62.9 Å². The molecule has 1 saturated carbocycles. The number of rotatable bonds is 5. The van der Waals surface area contributed by atoms with Gasteiger partial charge in [0.25, 0.3) is 0 Å². The Balaban J connectivity index is 1.36. The molecule has 4 unspecified atom stereocenters. The van der Waals surface area contributed by atoms with Gasteiger partial charge in [0.05, 0.1) is 5.02 Å². The van der Waals surface area contributed by atoms with E-state index in [9.17, 15) is 9.18 Å². The summed E-state index contributed by atoms with van der Waals surface area (Å²) in [5, 5.41) is 4.38. The van der Waals surface area contributed by atoms with Crippen LogP contribution in [0.3, 0.4) is 0 Å². The fraction of sp³-hybridized carbons (Fsp3) is 0.480. The third-order valence-corrected chi connectivity index (χ3v) is 8.09. The summed E-state index contributed by atoms with van der Waals surface area (Å²) in [6.45, 7) is 2.87. The van der Waals surface area contributed by atoms with Crippen molar-refractivity contribution in [2.75, 3.05) is 11.9 Å². The average molecular weight is 498 g/mol. The lowest BCUT2D eigenvalue weighted by atomic mass is 9.87. The van der Waals surface area contributed by atoms with Crippen LogP contribution in [0.5, 0.6) is 0 Å². The van der Waals surface area contributed by atoms with Crippen molar-refractivity contribution in [3.63, 3.8) is 0 Å². The van der Waals surface area contributed by atoms with Gasteiger partial charge in [0.15, 0.2) is 0 Å². The third kappa shape index (κ3) is 5.18. The number of amides is 2. The molecule has 4 atom stereocenters. The summed E-state index contributed by atoms with van der Waals surface area (Å²) in [5.41, 5.74) is 1.54. The van der Waals surface area contributed by atoms with Crippen molar-refractivity contribution in [1.29, 1.82) is 0 Å². The fourth-order valence-corrected chi connectivity index (χ4v) is 6.11. The molecule has 1 heterocycles. The van der Waals surface area contributed by atoms with Gasteiger partial charge in [0.2, 0.25) is 0 Å². The summed E-state index contributed by atoms with van der Waals surface area (Å²) in [6.07, 6.45) is 12.1. The van der Waals surface area contributed by atoms with Gasteiger partial charge in [-0.2, -0.15) is 0 Å². The van der Waals surface area contributed by atoms with Crippen molar-refractivity contribution in [2.45, 2.75) is 51.5 Å². The lowest BCUT2D eigenvalue weighted by Gasteiger charge is -2.33. The molecule has 2 aliphatic carbocycles. The SMILES string of the molecule is CCC1C=CC(Cl)=C(CCC2CC3CC2CCN3C(=O)Nc2ccc(F)c(Cl)c2)C(Cl)=C1. The van der Waals surface area contributed by atoms with Crippen LogP contribution in [0, 0.1) is 23.6 Å². The van der Waals surface area contributed by atoms with E-state index < -0.39 is 5.82 Å². The van der Waals surface area contributed by atoms with Crippen molar-refractivity contribution in [2.24, 2.45) is 17.8 Å². The molecule has 1 aromatic rings. The van der Waals surface area contributed by atoms with E-state index in [1.54, 1.807) is 0 Å². The first-order chi connectivity index (χ1) is 15.4. The molecule has 7 heteroatoms. The number of benzene rings is 1. The van der Waals surface area contributed by atoms with Gasteiger partial charge >= 0.3 is 6.03 Å². The maximum absolute atomic E-state index is 13.4. The van der Waals surface area contributed by atoms with E-state index in [2.05, 4.69) is 24.4 Å². The highest BCUT2D eigenvalue weighted by atomic mass is 35.5. The molecular formula is C25H28Cl3FN2O. The molecule has 4 rings (SSSR count). The summed E-state index contributed by atoms with van der Waals surface area (Å²) in [5.74, 6) is 0.996. The Bertz CT molecular complexity index is 974. The Morgan fingerprint density at radius 1 is 1.25 bits per heavy atom. The first-order valence-electron chi connectivity index (χ1n) is 11.3. The lowest BCUT2D eigenvalue weighted by Crippen LogP contribution is -2.44. The number of likely N-dealkylation sites (tertiary alicyclic amines) is 1. The second-order valence-electron chi connectivity index (χ2n) is 9.00. The van der Waals surface area contributed by atoms with Crippen LogP contribution in [0.1, 0.15) is 45.4 Å². The molecule has 0 aromatic heterocycles. The molecule has 3 aliphatic rings. The Morgan fingerprint density at radius 2 is 2.06 bits per heavy atom. The van der Waals surface area contributed by atoms with E-state index in [1.165, 1.54) is 18.2 Å². The smallest absolute Gasteiger partial charge is 0.322 e. The Morgan fingerprint density at radius 3 is 2.81 bits per heavy atom. The molecule has 1 aliphatic heterocycles.